The number of rotatable bonds is 2. The van der Waals surface area contributed by atoms with Gasteiger partial charge in [-0.1, -0.05) is 0 Å². The van der Waals surface area contributed by atoms with Crippen LogP contribution >= 0.6 is 0 Å². The van der Waals surface area contributed by atoms with Gasteiger partial charge in [-0.3, -0.25) is 0 Å². The van der Waals surface area contributed by atoms with Gasteiger partial charge >= 0.3 is 0 Å². The molecule has 0 rings (SSSR count). The van der Waals surface area contributed by atoms with Crippen LogP contribution in [0, 0.1) is 19.8 Å². The van der Waals surface area contributed by atoms with Gasteiger partial charge in [0.1, 0.15) is 0 Å². The van der Waals surface area contributed by atoms with E-state index in [1.807, 2.05) is 0 Å². The average Bonchev–Trinajstić information content (AvgIpc) is 1.65. The van der Waals surface area contributed by atoms with Crippen LogP contribution in [0.25, 0.3) is 0 Å². The molecular weight excluding hydrogens is 72.1 g/mol. The standard InChI is InChI=1S/C6H10/c1-4-6(3)5-2/h4,6H,1-3,5H2. The summed E-state index contributed by atoms with van der Waals surface area (Å²) in [6.45, 7) is 10.8. The van der Waals surface area contributed by atoms with Crippen LogP contribution in [0.3, 0.4) is 0 Å². The van der Waals surface area contributed by atoms with Gasteiger partial charge < -0.3 is 6.92 Å². The largest absolute Gasteiger partial charge is 0.333 e. The fourth-order valence-corrected chi connectivity index (χ4v) is 0.118. The van der Waals surface area contributed by atoms with E-state index in [-0.39, 0.29) is 0 Å². The van der Waals surface area contributed by atoms with E-state index in [9.17, 15) is 0 Å². The molecule has 0 aromatic rings. The number of allylic oxidation sites excluding steroid dienone is 1. The zero-order chi connectivity index (χ0) is 4.99. The van der Waals surface area contributed by atoms with Crippen molar-refractivity contribution in [3.63, 3.8) is 0 Å². The first-order valence-electron chi connectivity index (χ1n) is 2.06. The highest BCUT2D eigenvalue weighted by atomic mass is 13.9. The molecule has 0 amide bonds. The Kier molecular flexibility index (Phi) is 2.64. The summed E-state index contributed by atoms with van der Waals surface area (Å²) >= 11 is 0. The lowest BCUT2D eigenvalue weighted by molar-refractivity contribution is 0.828. The third-order valence-corrected chi connectivity index (χ3v) is 0.704. The first kappa shape index (κ1) is 5.61. The molecule has 0 aromatic heterocycles. The first-order chi connectivity index (χ1) is 2.81. The molecule has 0 N–H and O–H groups in total. The molecular formula is C6H10. The van der Waals surface area contributed by atoms with Crippen molar-refractivity contribution in [2.45, 2.75) is 6.42 Å². The zero-order valence-electron chi connectivity index (χ0n) is 3.98. The van der Waals surface area contributed by atoms with Gasteiger partial charge in [-0.2, -0.15) is 0 Å². The Balaban J connectivity index is 2.96. The Labute approximate surface area is 39.9 Å². The lowest BCUT2D eigenvalue weighted by Gasteiger charge is -1.98. The number of hydrogen-bond acceptors (Lipinski definition) is 0. The molecule has 0 radical (unpaired) electrons. The van der Waals surface area contributed by atoms with Crippen molar-refractivity contribution < 1.29 is 0 Å². The summed E-state index contributed by atoms with van der Waals surface area (Å²) in [7, 11) is 0. The lowest BCUT2D eigenvalue weighted by Crippen LogP contribution is -1.81. The molecule has 0 heteroatoms. The Morgan fingerprint density at radius 2 is 2.50 bits per heavy atom. The minimum Gasteiger partial charge on any atom is -0.333 e. The number of hydrogen-bond donors (Lipinski definition) is 0. The van der Waals surface area contributed by atoms with Crippen LogP contribution in [0.15, 0.2) is 12.7 Å². The van der Waals surface area contributed by atoms with Gasteiger partial charge in [0.15, 0.2) is 0 Å². The van der Waals surface area contributed by atoms with Gasteiger partial charge in [-0.15, -0.1) is 18.6 Å². The van der Waals surface area contributed by atoms with Crippen molar-refractivity contribution in [1.29, 1.82) is 0 Å². The fraction of sp³-hybridized carbons (Fsp3) is 0.333. The highest BCUT2D eigenvalue weighted by Crippen LogP contribution is 1.96. The highest BCUT2D eigenvalue weighted by Gasteiger charge is 1.81. The molecule has 0 aliphatic carbocycles. The van der Waals surface area contributed by atoms with Crippen molar-refractivity contribution >= 4 is 0 Å². The molecule has 0 aliphatic heterocycles. The monoisotopic (exact) mass is 82.1 g/mol. The second-order valence-corrected chi connectivity index (χ2v) is 1.28. The molecule has 0 bridgehead atoms. The first-order valence-corrected chi connectivity index (χ1v) is 2.06. The van der Waals surface area contributed by atoms with Gasteiger partial charge in [0.25, 0.3) is 0 Å². The SMILES string of the molecule is C=CC([CH2-])C[CH2+]. The summed E-state index contributed by atoms with van der Waals surface area (Å²) in [6.07, 6.45) is 2.65. The summed E-state index contributed by atoms with van der Waals surface area (Å²) in [5.74, 6) is 0.338. The van der Waals surface area contributed by atoms with Gasteiger partial charge in [0.05, 0.1) is 13.3 Å². The van der Waals surface area contributed by atoms with Crippen LogP contribution in [0.4, 0.5) is 0 Å². The molecule has 0 spiro atoms. The van der Waals surface area contributed by atoms with Crippen molar-refractivity contribution in [3.8, 4) is 0 Å². The summed E-state index contributed by atoms with van der Waals surface area (Å²) in [5.41, 5.74) is 0. The minimum absolute atomic E-state index is 0.338. The molecule has 1 unspecified atom stereocenters. The van der Waals surface area contributed by atoms with Crippen LogP contribution in [0.1, 0.15) is 6.42 Å². The van der Waals surface area contributed by atoms with E-state index in [1.54, 1.807) is 6.08 Å². The molecule has 6 heavy (non-hydrogen) atoms. The Morgan fingerprint density at radius 3 is 2.50 bits per heavy atom. The summed E-state index contributed by atoms with van der Waals surface area (Å²) in [5, 5.41) is 0. The molecule has 0 aromatic carbocycles. The molecule has 0 heterocycles. The van der Waals surface area contributed by atoms with E-state index in [4.69, 9.17) is 0 Å². The van der Waals surface area contributed by atoms with Gasteiger partial charge in [0.2, 0.25) is 0 Å². The lowest BCUT2D eigenvalue weighted by atomic mass is 10.1. The van der Waals surface area contributed by atoms with E-state index in [2.05, 4.69) is 20.4 Å². The third kappa shape index (κ3) is 1.89. The van der Waals surface area contributed by atoms with E-state index in [0.29, 0.717) is 5.92 Å². The fourth-order valence-electron chi connectivity index (χ4n) is 0.118. The maximum absolute atomic E-state index is 3.69. The second kappa shape index (κ2) is 2.83. The predicted molar refractivity (Wildman–Crippen MR) is 29.0 cm³/mol. The van der Waals surface area contributed by atoms with Gasteiger partial charge in [-0.05, 0) is 0 Å². The van der Waals surface area contributed by atoms with E-state index in [0.717, 1.165) is 6.42 Å². The van der Waals surface area contributed by atoms with Crippen molar-refractivity contribution in [1.82, 2.24) is 0 Å². The van der Waals surface area contributed by atoms with Crippen LogP contribution in [-0.2, 0) is 0 Å². The van der Waals surface area contributed by atoms with Crippen LogP contribution in [0.2, 0.25) is 0 Å². The molecule has 0 fully saturated rings. The van der Waals surface area contributed by atoms with Gasteiger partial charge in [-0.25, -0.2) is 0 Å². The Morgan fingerprint density at radius 1 is 2.00 bits per heavy atom. The second-order valence-electron chi connectivity index (χ2n) is 1.28. The van der Waals surface area contributed by atoms with Crippen molar-refractivity contribution in [2.75, 3.05) is 0 Å². The summed E-state index contributed by atoms with van der Waals surface area (Å²) in [6, 6.07) is 0. The van der Waals surface area contributed by atoms with E-state index >= 15 is 0 Å². The quantitative estimate of drug-likeness (QED) is 0.352. The molecule has 1 atom stereocenters. The van der Waals surface area contributed by atoms with Crippen LogP contribution in [-0.4, -0.2) is 0 Å². The molecule has 0 nitrogen and oxygen atoms in total. The summed E-state index contributed by atoms with van der Waals surface area (Å²) in [4.78, 5) is 0. The Bertz CT molecular complexity index is 37.3. The highest BCUT2D eigenvalue weighted by molar-refractivity contribution is 4.80. The molecule has 0 saturated carbocycles. The molecule has 0 aliphatic rings. The minimum atomic E-state index is 0.338. The maximum atomic E-state index is 3.69. The van der Waals surface area contributed by atoms with Crippen molar-refractivity contribution in [3.05, 3.63) is 26.5 Å². The van der Waals surface area contributed by atoms with E-state index in [1.165, 1.54) is 0 Å². The van der Waals surface area contributed by atoms with Crippen molar-refractivity contribution in [2.24, 2.45) is 5.92 Å². The Hall–Kier alpha value is -0.390. The predicted octanol–water partition coefficient (Wildman–Crippen LogP) is 1.85. The topological polar surface area (TPSA) is 0 Å². The zero-order valence-corrected chi connectivity index (χ0v) is 3.98. The van der Waals surface area contributed by atoms with Crippen LogP contribution < -0.4 is 0 Å². The molecule has 0 saturated heterocycles. The normalized spacial score (nSPS) is 13.5. The maximum Gasteiger partial charge on any atom is 0.0640 e. The smallest absolute Gasteiger partial charge is 0.0640 e. The average molecular weight is 82.1 g/mol. The van der Waals surface area contributed by atoms with Crippen LogP contribution in [0.5, 0.6) is 0 Å². The third-order valence-electron chi connectivity index (χ3n) is 0.704. The summed E-state index contributed by atoms with van der Waals surface area (Å²) < 4.78 is 0. The van der Waals surface area contributed by atoms with E-state index < -0.39 is 0 Å². The molecule has 34 valence electrons. The van der Waals surface area contributed by atoms with Gasteiger partial charge in [0, 0.05) is 0 Å².